The highest BCUT2D eigenvalue weighted by atomic mass is 32.2. The molecule has 1 aliphatic rings. The topological polar surface area (TPSA) is 114 Å². The first-order valence-corrected chi connectivity index (χ1v) is 10.8. The molecule has 0 radical (unpaired) electrons. The van der Waals surface area contributed by atoms with Crippen LogP contribution in [-0.2, 0) is 21.4 Å². The number of benzene rings is 1. The van der Waals surface area contributed by atoms with E-state index in [9.17, 15) is 18.0 Å². The Morgan fingerprint density at radius 1 is 1.33 bits per heavy atom. The number of amides is 1. The van der Waals surface area contributed by atoms with E-state index in [2.05, 4.69) is 15.0 Å². The molecule has 0 aliphatic carbocycles. The number of sulfonamides is 1. The molecule has 146 valence electrons. The lowest BCUT2D eigenvalue weighted by Crippen LogP contribution is -2.44. The van der Waals surface area contributed by atoms with Gasteiger partial charge < -0.3 is 4.90 Å². The molecule has 0 saturated carbocycles. The van der Waals surface area contributed by atoms with Gasteiger partial charge in [0.2, 0.25) is 15.9 Å². The van der Waals surface area contributed by atoms with Crippen LogP contribution in [0.15, 0.2) is 29.1 Å². The van der Waals surface area contributed by atoms with Crippen molar-refractivity contribution in [2.24, 2.45) is 5.92 Å². The summed E-state index contributed by atoms with van der Waals surface area (Å²) in [4.78, 5) is 26.7. The number of rotatable bonds is 6. The van der Waals surface area contributed by atoms with Crippen LogP contribution in [0.2, 0.25) is 0 Å². The fourth-order valence-corrected chi connectivity index (χ4v) is 3.80. The maximum atomic E-state index is 12.5. The molecule has 0 bridgehead atoms. The largest absolute Gasteiger partial charge is 0.342 e. The first-order chi connectivity index (χ1) is 12.8. The average molecular weight is 393 g/mol. The zero-order valence-corrected chi connectivity index (χ0v) is 16.0. The maximum absolute atomic E-state index is 12.5. The van der Waals surface area contributed by atoms with Crippen LogP contribution in [0, 0.1) is 5.92 Å². The SMILES string of the molecule is CS(=O)(=O)NC[C@@H]1CCCN(C(=O)CCn2nnc3ccccc3c2=O)C1. The van der Waals surface area contributed by atoms with Crippen molar-refractivity contribution in [3.8, 4) is 0 Å². The summed E-state index contributed by atoms with van der Waals surface area (Å²) in [5.74, 6) is 0.0292. The van der Waals surface area contributed by atoms with Crippen LogP contribution >= 0.6 is 0 Å². The smallest absolute Gasteiger partial charge is 0.277 e. The summed E-state index contributed by atoms with van der Waals surface area (Å²) in [6.45, 7) is 1.66. The standard InChI is InChI=1S/C17H23N5O4S/c1-27(25,26)18-11-13-5-4-9-21(12-13)16(23)8-10-22-17(24)14-6-2-3-7-15(14)19-20-22/h2-3,6-7,13,18H,4-5,8-12H2,1H3/t13-/m0/s1. The second-order valence-corrected chi connectivity index (χ2v) is 8.69. The molecule has 1 saturated heterocycles. The van der Waals surface area contributed by atoms with Crippen molar-refractivity contribution < 1.29 is 13.2 Å². The normalized spacial score (nSPS) is 18.0. The predicted molar refractivity (Wildman–Crippen MR) is 101 cm³/mol. The number of nitrogens with zero attached hydrogens (tertiary/aromatic N) is 4. The Balaban J connectivity index is 1.59. The van der Waals surface area contributed by atoms with Crippen LogP contribution < -0.4 is 10.3 Å². The molecule has 1 atom stereocenters. The Hall–Kier alpha value is -2.33. The molecule has 1 aromatic heterocycles. The summed E-state index contributed by atoms with van der Waals surface area (Å²) >= 11 is 0. The summed E-state index contributed by atoms with van der Waals surface area (Å²) < 4.78 is 26.2. The minimum absolute atomic E-state index is 0.0686. The van der Waals surface area contributed by atoms with Crippen molar-refractivity contribution in [2.75, 3.05) is 25.9 Å². The highest BCUT2D eigenvalue weighted by Gasteiger charge is 2.24. The molecule has 1 N–H and O–H groups in total. The fraction of sp³-hybridized carbons (Fsp3) is 0.529. The number of aryl methyl sites for hydroxylation is 1. The van der Waals surface area contributed by atoms with Gasteiger partial charge in [-0.1, -0.05) is 17.3 Å². The van der Waals surface area contributed by atoms with Crippen LogP contribution in [0.5, 0.6) is 0 Å². The van der Waals surface area contributed by atoms with Gasteiger partial charge in [0, 0.05) is 26.1 Å². The van der Waals surface area contributed by atoms with Gasteiger partial charge >= 0.3 is 0 Å². The van der Waals surface area contributed by atoms with E-state index in [0.29, 0.717) is 30.5 Å². The zero-order valence-electron chi connectivity index (χ0n) is 15.2. The van der Waals surface area contributed by atoms with Gasteiger partial charge in [0.05, 0.1) is 18.2 Å². The Bertz CT molecular complexity index is 988. The zero-order chi connectivity index (χ0) is 19.4. The number of piperidine rings is 1. The lowest BCUT2D eigenvalue weighted by atomic mass is 9.98. The van der Waals surface area contributed by atoms with E-state index in [-0.39, 0.29) is 30.3 Å². The van der Waals surface area contributed by atoms with Gasteiger partial charge in [0.1, 0.15) is 5.52 Å². The van der Waals surface area contributed by atoms with Gasteiger partial charge in [-0.3, -0.25) is 9.59 Å². The predicted octanol–water partition coefficient (Wildman–Crippen LogP) is -0.0306. The lowest BCUT2D eigenvalue weighted by molar-refractivity contribution is -0.133. The van der Waals surface area contributed by atoms with Gasteiger partial charge in [-0.2, -0.15) is 0 Å². The number of hydrogen-bond acceptors (Lipinski definition) is 6. The molecule has 1 aromatic carbocycles. The summed E-state index contributed by atoms with van der Waals surface area (Å²) in [7, 11) is -3.24. The molecule has 1 amide bonds. The number of carbonyl (C=O) groups excluding carboxylic acids is 1. The van der Waals surface area contributed by atoms with Crippen LogP contribution in [-0.4, -0.2) is 60.1 Å². The van der Waals surface area contributed by atoms with Crippen LogP contribution in [0.4, 0.5) is 0 Å². The van der Waals surface area contributed by atoms with Gasteiger partial charge in [-0.15, -0.1) is 5.10 Å². The van der Waals surface area contributed by atoms with Crippen LogP contribution in [0.25, 0.3) is 10.9 Å². The van der Waals surface area contributed by atoms with Crippen LogP contribution in [0.3, 0.4) is 0 Å². The molecular weight excluding hydrogens is 370 g/mol. The third-order valence-corrected chi connectivity index (χ3v) is 5.36. The molecule has 1 fully saturated rings. The van der Waals surface area contributed by atoms with Gasteiger partial charge in [0.15, 0.2) is 0 Å². The number of aromatic nitrogens is 3. The van der Waals surface area contributed by atoms with Crippen molar-refractivity contribution in [1.82, 2.24) is 24.6 Å². The quantitative estimate of drug-likeness (QED) is 0.737. The minimum Gasteiger partial charge on any atom is -0.342 e. The van der Waals surface area contributed by atoms with Crippen molar-refractivity contribution in [3.05, 3.63) is 34.6 Å². The lowest BCUT2D eigenvalue weighted by Gasteiger charge is -2.32. The van der Waals surface area contributed by atoms with E-state index in [1.54, 1.807) is 29.2 Å². The van der Waals surface area contributed by atoms with Gasteiger partial charge in [-0.25, -0.2) is 17.8 Å². The van der Waals surface area contributed by atoms with E-state index in [1.165, 1.54) is 4.68 Å². The number of hydrogen-bond donors (Lipinski definition) is 1. The van der Waals surface area contributed by atoms with Crippen molar-refractivity contribution in [2.45, 2.75) is 25.8 Å². The van der Waals surface area contributed by atoms with Crippen LogP contribution in [0.1, 0.15) is 19.3 Å². The molecule has 0 unspecified atom stereocenters. The number of nitrogens with one attached hydrogen (secondary N) is 1. The van der Waals surface area contributed by atoms with Crippen molar-refractivity contribution in [1.29, 1.82) is 0 Å². The number of likely N-dealkylation sites (tertiary alicyclic amines) is 1. The third-order valence-electron chi connectivity index (χ3n) is 4.67. The number of carbonyl (C=O) groups is 1. The summed E-state index contributed by atoms with van der Waals surface area (Å²) in [6, 6.07) is 6.96. The highest BCUT2D eigenvalue weighted by Crippen LogP contribution is 2.17. The molecular formula is C17H23N5O4S. The molecule has 10 heteroatoms. The van der Waals surface area contributed by atoms with E-state index in [4.69, 9.17) is 0 Å². The Morgan fingerprint density at radius 3 is 2.89 bits per heavy atom. The molecule has 0 spiro atoms. The number of fused-ring (bicyclic) bond motifs is 1. The first-order valence-electron chi connectivity index (χ1n) is 8.88. The molecule has 9 nitrogen and oxygen atoms in total. The Kier molecular flexibility index (Phi) is 5.85. The first kappa shape index (κ1) is 19.4. The highest BCUT2D eigenvalue weighted by molar-refractivity contribution is 7.88. The monoisotopic (exact) mass is 393 g/mol. The average Bonchev–Trinajstić information content (AvgIpc) is 2.65. The molecule has 27 heavy (non-hydrogen) atoms. The fourth-order valence-electron chi connectivity index (χ4n) is 3.26. The Morgan fingerprint density at radius 2 is 2.11 bits per heavy atom. The molecule has 3 rings (SSSR count). The second kappa shape index (κ2) is 8.13. The van der Waals surface area contributed by atoms with Gasteiger partial charge in [0.25, 0.3) is 5.56 Å². The minimum atomic E-state index is -3.24. The molecule has 2 aromatic rings. The van der Waals surface area contributed by atoms with Crippen molar-refractivity contribution >= 4 is 26.8 Å². The summed E-state index contributed by atoms with van der Waals surface area (Å²) in [5.41, 5.74) is 0.268. The molecule has 1 aliphatic heterocycles. The summed E-state index contributed by atoms with van der Waals surface area (Å²) in [5, 5.41) is 8.39. The second-order valence-electron chi connectivity index (χ2n) is 6.85. The Labute approximate surface area is 157 Å². The van der Waals surface area contributed by atoms with E-state index >= 15 is 0 Å². The third kappa shape index (κ3) is 5.10. The summed E-state index contributed by atoms with van der Waals surface area (Å²) in [6.07, 6.45) is 2.99. The van der Waals surface area contributed by atoms with E-state index in [0.717, 1.165) is 19.1 Å². The van der Waals surface area contributed by atoms with Gasteiger partial charge in [-0.05, 0) is 30.9 Å². The van der Waals surface area contributed by atoms with E-state index in [1.807, 2.05) is 0 Å². The maximum Gasteiger partial charge on any atom is 0.277 e. The van der Waals surface area contributed by atoms with E-state index < -0.39 is 10.0 Å². The van der Waals surface area contributed by atoms with Crippen molar-refractivity contribution in [3.63, 3.8) is 0 Å². The molecule has 2 heterocycles.